The van der Waals surface area contributed by atoms with Crippen LogP contribution in [-0.2, 0) is 28.0 Å². The number of carbonyl (C=O) groups is 1. The fourth-order valence-corrected chi connectivity index (χ4v) is 4.44. The Bertz CT molecular complexity index is 701. The van der Waals surface area contributed by atoms with Crippen molar-refractivity contribution in [2.75, 3.05) is 46.3 Å². The lowest BCUT2D eigenvalue weighted by atomic mass is 10.0. The molecule has 2 aliphatic heterocycles. The van der Waals surface area contributed by atoms with Gasteiger partial charge in [-0.1, -0.05) is 24.3 Å². The van der Waals surface area contributed by atoms with Gasteiger partial charge in [-0.2, -0.15) is 17.0 Å². The SMILES string of the molecule is CN(CC(=O)N1CCNCC1)S(=O)(=O)N1CCc2ccccc2C1. The first kappa shape index (κ1) is 17.3. The summed E-state index contributed by atoms with van der Waals surface area (Å²) in [5.74, 6) is -0.139. The third-order valence-electron chi connectivity index (χ3n) is 4.64. The van der Waals surface area contributed by atoms with Crippen LogP contribution in [-0.4, -0.2) is 74.2 Å². The van der Waals surface area contributed by atoms with Crippen LogP contribution in [0.1, 0.15) is 11.1 Å². The van der Waals surface area contributed by atoms with Gasteiger partial charge in [0.05, 0.1) is 6.54 Å². The summed E-state index contributed by atoms with van der Waals surface area (Å²) in [7, 11) is -2.15. The summed E-state index contributed by atoms with van der Waals surface area (Å²) in [6.45, 7) is 3.47. The van der Waals surface area contributed by atoms with Gasteiger partial charge in [0.1, 0.15) is 0 Å². The van der Waals surface area contributed by atoms with Crippen molar-refractivity contribution in [1.82, 2.24) is 18.8 Å². The monoisotopic (exact) mass is 352 g/mol. The number of benzene rings is 1. The second-order valence-electron chi connectivity index (χ2n) is 6.25. The summed E-state index contributed by atoms with van der Waals surface area (Å²) < 4.78 is 28.2. The highest BCUT2D eigenvalue weighted by molar-refractivity contribution is 7.86. The van der Waals surface area contributed by atoms with Crippen LogP contribution in [0.15, 0.2) is 24.3 Å². The molecule has 3 rings (SSSR count). The molecule has 0 spiro atoms. The first-order valence-corrected chi connectivity index (χ1v) is 9.65. The average molecular weight is 352 g/mol. The van der Waals surface area contributed by atoms with Crippen molar-refractivity contribution in [3.05, 3.63) is 35.4 Å². The van der Waals surface area contributed by atoms with Crippen molar-refractivity contribution in [3.63, 3.8) is 0 Å². The highest BCUT2D eigenvalue weighted by Crippen LogP contribution is 2.22. The zero-order valence-electron chi connectivity index (χ0n) is 13.9. The van der Waals surface area contributed by atoms with Crippen LogP contribution < -0.4 is 5.32 Å². The summed E-state index contributed by atoms with van der Waals surface area (Å²) in [6.07, 6.45) is 0.703. The molecule has 1 aromatic carbocycles. The Labute approximate surface area is 143 Å². The molecule has 1 N–H and O–H groups in total. The van der Waals surface area contributed by atoms with Crippen LogP contribution in [0.2, 0.25) is 0 Å². The van der Waals surface area contributed by atoms with Gasteiger partial charge in [-0.05, 0) is 17.5 Å². The van der Waals surface area contributed by atoms with Gasteiger partial charge in [0, 0.05) is 46.3 Å². The van der Waals surface area contributed by atoms with E-state index in [2.05, 4.69) is 5.32 Å². The molecule has 2 aliphatic rings. The molecular weight excluding hydrogens is 328 g/mol. The minimum absolute atomic E-state index is 0.111. The molecule has 1 amide bonds. The van der Waals surface area contributed by atoms with E-state index in [1.807, 2.05) is 24.3 Å². The van der Waals surface area contributed by atoms with E-state index >= 15 is 0 Å². The van der Waals surface area contributed by atoms with Gasteiger partial charge in [-0.3, -0.25) is 4.79 Å². The Morgan fingerprint density at radius 1 is 1.17 bits per heavy atom. The lowest BCUT2D eigenvalue weighted by molar-refractivity contribution is -0.131. The van der Waals surface area contributed by atoms with E-state index in [1.54, 1.807) is 4.90 Å². The van der Waals surface area contributed by atoms with E-state index < -0.39 is 10.2 Å². The number of likely N-dealkylation sites (N-methyl/N-ethyl adjacent to an activating group) is 1. The third-order valence-corrected chi connectivity index (χ3v) is 6.52. The number of nitrogens with zero attached hydrogens (tertiary/aromatic N) is 3. The lowest BCUT2D eigenvalue weighted by Crippen LogP contribution is -2.51. The maximum atomic E-state index is 12.8. The standard InChI is InChI=1S/C16H24N4O3S/c1-18(13-16(21)19-10-7-17-8-11-19)24(22,23)20-9-6-14-4-2-3-5-15(14)12-20/h2-5,17H,6-13H2,1H3. The van der Waals surface area contributed by atoms with Crippen LogP contribution in [0.5, 0.6) is 0 Å². The molecule has 0 unspecified atom stereocenters. The van der Waals surface area contributed by atoms with Gasteiger partial charge in [0.15, 0.2) is 0 Å². The predicted molar refractivity (Wildman–Crippen MR) is 91.6 cm³/mol. The van der Waals surface area contributed by atoms with Crippen molar-refractivity contribution < 1.29 is 13.2 Å². The molecule has 1 aromatic rings. The Hall–Kier alpha value is -1.48. The van der Waals surface area contributed by atoms with E-state index in [0.29, 0.717) is 32.6 Å². The molecule has 2 heterocycles. The maximum absolute atomic E-state index is 12.8. The second kappa shape index (κ2) is 7.18. The Morgan fingerprint density at radius 2 is 1.83 bits per heavy atom. The molecule has 0 radical (unpaired) electrons. The van der Waals surface area contributed by atoms with E-state index in [9.17, 15) is 13.2 Å². The van der Waals surface area contributed by atoms with Crippen LogP contribution in [0.4, 0.5) is 0 Å². The van der Waals surface area contributed by atoms with Crippen LogP contribution in [0, 0.1) is 0 Å². The molecule has 8 heteroatoms. The first-order chi connectivity index (χ1) is 11.5. The number of nitrogens with one attached hydrogen (secondary N) is 1. The quantitative estimate of drug-likeness (QED) is 0.804. The summed E-state index contributed by atoms with van der Waals surface area (Å²) in [5.41, 5.74) is 2.23. The number of fused-ring (bicyclic) bond motifs is 1. The summed E-state index contributed by atoms with van der Waals surface area (Å²) in [5, 5.41) is 3.18. The van der Waals surface area contributed by atoms with Gasteiger partial charge in [-0.15, -0.1) is 0 Å². The van der Waals surface area contributed by atoms with Gasteiger partial charge >= 0.3 is 0 Å². The Morgan fingerprint density at radius 3 is 2.54 bits per heavy atom. The number of rotatable bonds is 4. The van der Waals surface area contributed by atoms with Gasteiger partial charge in [-0.25, -0.2) is 0 Å². The maximum Gasteiger partial charge on any atom is 0.282 e. The molecule has 0 bridgehead atoms. The normalized spacial score (nSPS) is 19.3. The lowest BCUT2D eigenvalue weighted by Gasteiger charge is -2.33. The minimum atomic E-state index is -3.63. The fourth-order valence-electron chi connectivity index (χ4n) is 3.15. The molecule has 1 fully saturated rings. The molecule has 7 nitrogen and oxygen atoms in total. The Kier molecular flexibility index (Phi) is 5.19. The van der Waals surface area contributed by atoms with Crippen LogP contribution in [0.3, 0.4) is 0 Å². The van der Waals surface area contributed by atoms with Crippen molar-refractivity contribution in [1.29, 1.82) is 0 Å². The minimum Gasteiger partial charge on any atom is -0.339 e. The predicted octanol–water partition coefficient (Wildman–Crippen LogP) is -0.347. The fraction of sp³-hybridized carbons (Fsp3) is 0.562. The van der Waals surface area contributed by atoms with E-state index in [1.165, 1.54) is 21.2 Å². The number of hydrogen-bond acceptors (Lipinski definition) is 4. The number of hydrogen-bond donors (Lipinski definition) is 1. The molecule has 0 atom stereocenters. The summed E-state index contributed by atoms with van der Waals surface area (Å²) in [4.78, 5) is 14.0. The highest BCUT2D eigenvalue weighted by Gasteiger charge is 2.32. The molecule has 24 heavy (non-hydrogen) atoms. The topological polar surface area (TPSA) is 73.0 Å². The van der Waals surface area contributed by atoms with Gasteiger partial charge in [0.2, 0.25) is 5.91 Å². The molecular formula is C16H24N4O3S. The van der Waals surface area contributed by atoms with E-state index in [-0.39, 0.29) is 12.5 Å². The molecule has 0 aliphatic carbocycles. The Balaban J connectivity index is 1.65. The van der Waals surface area contributed by atoms with Crippen molar-refractivity contribution in [3.8, 4) is 0 Å². The zero-order valence-corrected chi connectivity index (χ0v) is 14.8. The first-order valence-electron chi connectivity index (χ1n) is 8.25. The molecule has 132 valence electrons. The molecule has 1 saturated heterocycles. The van der Waals surface area contributed by atoms with Crippen molar-refractivity contribution >= 4 is 16.1 Å². The summed E-state index contributed by atoms with van der Waals surface area (Å²) >= 11 is 0. The largest absolute Gasteiger partial charge is 0.339 e. The zero-order chi connectivity index (χ0) is 17.2. The number of amides is 1. The average Bonchev–Trinajstić information content (AvgIpc) is 2.61. The third kappa shape index (κ3) is 3.61. The smallest absolute Gasteiger partial charge is 0.282 e. The second-order valence-corrected chi connectivity index (χ2v) is 8.28. The molecule has 0 saturated carbocycles. The van der Waals surface area contributed by atoms with Crippen LogP contribution in [0.25, 0.3) is 0 Å². The van der Waals surface area contributed by atoms with Crippen molar-refractivity contribution in [2.24, 2.45) is 0 Å². The molecule has 0 aromatic heterocycles. The van der Waals surface area contributed by atoms with Crippen molar-refractivity contribution in [2.45, 2.75) is 13.0 Å². The number of carbonyl (C=O) groups excluding carboxylic acids is 1. The van der Waals surface area contributed by atoms with Gasteiger partial charge in [0.25, 0.3) is 10.2 Å². The van der Waals surface area contributed by atoms with E-state index in [4.69, 9.17) is 0 Å². The van der Waals surface area contributed by atoms with Gasteiger partial charge < -0.3 is 10.2 Å². The highest BCUT2D eigenvalue weighted by atomic mass is 32.2. The number of piperazine rings is 1. The van der Waals surface area contributed by atoms with E-state index in [0.717, 1.165) is 18.7 Å². The summed E-state index contributed by atoms with van der Waals surface area (Å²) in [6, 6.07) is 7.90. The van der Waals surface area contributed by atoms with Crippen LogP contribution >= 0.6 is 0 Å².